The van der Waals surface area contributed by atoms with Gasteiger partial charge in [-0.25, -0.2) is 0 Å². The van der Waals surface area contributed by atoms with Gasteiger partial charge in [-0.15, -0.1) is 0 Å². The van der Waals surface area contributed by atoms with Crippen LogP contribution in [0.4, 0.5) is 5.69 Å². The molecule has 1 aliphatic rings. The predicted octanol–water partition coefficient (Wildman–Crippen LogP) is 1.02. The second kappa shape index (κ2) is 6.02. The molecular weight excluding hydrogens is 242 g/mol. The Morgan fingerprint density at radius 1 is 1.37 bits per heavy atom. The average molecular weight is 263 g/mol. The summed E-state index contributed by atoms with van der Waals surface area (Å²) in [5, 5.41) is 13.1. The highest BCUT2D eigenvalue weighted by atomic mass is 16.3. The maximum absolute atomic E-state index is 11.8. The quantitative estimate of drug-likeness (QED) is 0.756. The Kier molecular flexibility index (Phi) is 4.37. The predicted molar refractivity (Wildman–Crippen MR) is 73.4 cm³/mol. The van der Waals surface area contributed by atoms with Crippen LogP contribution in [0.2, 0.25) is 0 Å². The molecule has 0 aliphatic heterocycles. The number of hydrogen-bond acceptors (Lipinski definition) is 4. The molecule has 1 amide bonds. The largest absolute Gasteiger partial charge is 0.397 e. The Hall–Kier alpha value is -1.62. The van der Waals surface area contributed by atoms with Gasteiger partial charge < -0.3 is 16.2 Å². The SMILES string of the molecule is Nc1ccc(CC(=O)NCC2(O)CCCCC2)nc1. The van der Waals surface area contributed by atoms with Crippen LogP contribution in [0.25, 0.3) is 0 Å². The average Bonchev–Trinajstić information content (AvgIpc) is 2.40. The summed E-state index contributed by atoms with van der Waals surface area (Å²) in [5.74, 6) is -0.115. The highest BCUT2D eigenvalue weighted by Gasteiger charge is 2.29. The molecule has 0 atom stereocenters. The molecule has 1 aromatic rings. The molecule has 19 heavy (non-hydrogen) atoms. The highest BCUT2D eigenvalue weighted by molar-refractivity contribution is 5.78. The molecule has 1 saturated carbocycles. The molecule has 1 fully saturated rings. The number of aromatic nitrogens is 1. The van der Waals surface area contributed by atoms with Gasteiger partial charge in [0.2, 0.25) is 5.91 Å². The summed E-state index contributed by atoms with van der Waals surface area (Å²) in [6.45, 7) is 0.334. The first kappa shape index (κ1) is 13.8. The lowest BCUT2D eigenvalue weighted by Gasteiger charge is -2.32. The van der Waals surface area contributed by atoms with Crippen LogP contribution in [0.1, 0.15) is 37.8 Å². The van der Waals surface area contributed by atoms with E-state index in [0.29, 0.717) is 17.9 Å². The third-order valence-electron chi connectivity index (χ3n) is 3.59. The fourth-order valence-corrected chi connectivity index (χ4v) is 2.42. The lowest BCUT2D eigenvalue weighted by molar-refractivity contribution is -0.122. The van der Waals surface area contributed by atoms with Crippen molar-refractivity contribution >= 4 is 11.6 Å². The monoisotopic (exact) mass is 263 g/mol. The van der Waals surface area contributed by atoms with Crippen molar-refractivity contribution < 1.29 is 9.90 Å². The molecule has 0 radical (unpaired) electrons. The number of carbonyl (C=O) groups is 1. The van der Waals surface area contributed by atoms with Crippen molar-refractivity contribution in [2.45, 2.75) is 44.1 Å². The topological polar surface area (TPSA) is 88.2 Å². The van der Waals surface area contributed by atoms with Crippen molar-refractivity contribution in [2.75, 3.05) is 12.3 Å². The van der Waals surface area contributed by atoms with Crippen LogP contribution in [-0.4, -0.2) is 28.1 Å². The summed E-state index contributed by atoms with van der Waals surface area (Å²) < 4.78 is 0. The van der Waals surface area contributed by atoms with Crippen molar-refractivity contribution in [1.82, 2.24) is 10.3 Å². The van der Waals surface area contributed by atoms with Gasteiger partial charge in [-0.3, -0.25) is 9.78 Å². The van der Waals surface area contributed by atoms with E-state index in [9.17, 15) is 9.90 Å². The van der Waals surface area contributed by atoms with E-state index in [1.165, 1.54) is 12.6 Å². The standard InChI is InChI=1S/C14H21N3O2/c15-11-4-5-12(16-9-11)8-13(18)17-10-14(19)6-2-1-3-7-14/h4-5,9,19H,1-3,6-8,10,15H2,(H,17,18). The number of carbonyl (C=O) groups excluding carboxylic acids is 1. The van der Waals surface area contributed by atoms with E-state index in [-0.39, 0.29) is 12.3 Å². The number of nitrogen functional groups attached to an aromatic ring is 1. The summed E-state index contributed by atoms with van der Waals surface area (Å²) in [7, 11) is 0. The number of hydrogen-bond donors (Lipinski definition) is 3. The van der Waals surface area contributed by atoms with E-state index in [1.807, 2.05) is 0 Å². The zero-order chi connectivity index (χ0) is 13.7. The van der Waals surface area contributed by atoms with E-state index < -0.39 is 5.60 Å². The molecule has 0 unspecified atom stereocenters. The van der Waals surface area contributed by atoms with E-state index >= 15 is 0 Å². The molecule has 104 valence electrons. The minimum absolute atomic E-state index is 0.115. The fraction of sp³-hybridized carbons (Fsp3) is 0.571. The second-order valence-electron chi connectivity index (χ2n) is 5.32. The van der Waals surface area contributed by atoms with Gasteiger partial charge in [0.1, 0.15) is 0 Å². The first-order valence-electron chi connectivity index (χ1n) is 6.77. The van der Waals surface area contributed by atoms with Crippen LogP contribution in [0.3, 0.4) is 0 Å². The Bertz CT molecular complexity index is 425. The first-order valence-corrected chi connectivity index (χ1v) is 6.77. The number of nitrogens with zero attached hydrogens (tertiary/aromatic N) is 1. The lowest BCUT2D eigenvalue weighted by atomic mass is 9.85. The summed E-state index contributed by atoms with van der Waals surface area (Å²) in [6.07, 6.45) is 6.54. The zero-order valence-corrected chi connectivity index (χ0v) is 11.1. The van der Waals surface area contributed by atoms with Crippen LogP contribution in [0, 0.1) is 0 Å². The molecule has 1 aliphatic carbocycles. The van der Waals surface area contributed by atoms with Crippen LogP contribution in [0.15, 0.2) is 18.3 Å². The molecule has 0 aromatic carbocycles. The van der Waals surface area contributed by atoms with Gasteiger partial charge in [0.15, 0.2) is 0 Å². The molecular formula is C14H21N3O2. The number of rotatable bonds is 4. The van der Waals surface area contributed by atoms with Gasteiger partial charge in [0.05, 0.1) is 23.9 Å². The smallest absolute Gasteiger partial charge is 0.226 e. The van der Waals surface area contributed by atoms with Crippen molar-refractivity contribution in [2.24, 2.45) is 0 Å². The number of amides is 1. The van der Waals surface area contributed by atoms with Crippen molar-refractivity contribution in [3.05, 3.63) is 24.0 Å². The number of pyridine rings is 1. The van der Waals surface area contributed by atoms with E-state index in [0.717, 1.165) is 25.7 Å². The summed E-state index contributed by atoms with van der Waals surface area (Å²) in [6, 6.07) is 3.47. The minimum Gasteiger partial charge on any atom is -0.397 e. The normalized spacial score (nSPS) is 17.9. The highest BCUT2D eigenvalue weighted by Crippen LogP contribution is 2.27. The third-order valence-corrected chi connectivity index (χ3v) is 3.59. The van der Waals surface area contributed by atoms with Gasteiger partial charge in [0, 0.05) is 12.2 Å². The van der Waals surface area contributed by atoms with Gasteiger partial charge >= 0.3 is 0 Å². The Balaban J connectivity index is 1.79. The van der Waals surface area contributed by atoms with Crippen LogP contribution in [-0.2, 0) is 11.2 Å². The van der Waals surface area contributed by atoms with Crippen molar-refractivity contribution in [1.29, 1.82) is 0 Å². The zero-order valence-electron chi connectivity index (χ0n) is 11.1. The number of aliphatic hydroxyl groups is 1. The Labute approximate surface area is 113 Å². The first-order chi connectivity index (χ1) is 9.07. The molecule has 0 saturated heterocycles. The molecule has 5 heteroatoms. The van der Waals surface area contributed by atoms with Crippen molar-refractivity contribution in [3.63, 3.8) is 0 Å². The fourth-order valence-electron chi connectivity index (χ4n) is 2.42. The minimum atomic E-state index is -0.720. The molecule has 0 bridgehead atoms. The Morgan fingerprint density at radius 2 is 2.11 bits per heavy atom. The van der Waals surface area contributed by atoms with Crippen LogP contribution >= 0.6 is 0 Å². The number of nitrogens with one attached hydrogen (secondary N) is 1. The molecule has 5 nitrogen and oxygen atoms in total. The van der Waals surface area contributed by atoms with Crippen LogP contribution < -0.4 is 11.1 Å². The van der Waals surface area contributed by atoms with Gasteiger partial charge in [-0.2, -0.15) is 0 Å². The van der Waals surface area contributed by atoms with Gasteiger partial charge in [-0.1, -0.05) is 19.3 Å². The number of anilines is 1. The Morgan fingerprint density at radius 3 is 2.74 bits per heavy atom. The molecule has 1 heterocycles. The summed E-state index contributed by atoms with van der Waals surface area (Å²) in [4.78, 5) is 15.9. The number of nitrogens with two attached hydrogens (primary N) is 1. The van der Waals surface area contributed by atoms with E-state index in [4.69, 9.17) is 5.73 Å². The van der Waals surface area contributed by atoms with Gasteiger partial charge in [-0.05, 0) is 25.0 Å². The second-order valence-corrected chi connectivity index (χ2v) is 5.32. The van der Waals surface area contributed by atoms with E-state index in [1.54, 1.807) is 12.1 Å². The molecule has 4 N–H and O–H groups in total. The summed E-state index contributed by atoms with van der Waals surface area (Å²) >= 11 is 0. The summed E-state index contributed by atoms with van der Waals surface area (Å²) in [5.41, 5.74) is 6.08. The van der Waals surface area contributed by atoms with E-state index in [2.05, 4.69) is 10.3 Å². The third kappa shape index (κ3) is 4.21. The maximum Gasteiger partial charge on any atom is 0.226 e. The molecule has 0 spiro atoms. The lowest BCUT2D eigenvalue weighted by Crippen LogP contribution is -2.44. The van der Waals surface area contributed by atoms with Crippen LogP contribution in [0.5, 0.6) is 0 Å². The van der Waals surface area contributed by atoms with Gasteiger partial charge in [0.25, 0.3) is 0 Å². The maximum atomic E-state index is 11.8. The molecule has 2 rings (SSSR count). The van der Waals surface area contributed by atoms with Crippen molar-refractivity contribution in [3.8, 4) is 0 Å². The molecule has 1 aromatic heterocycles.